The minimum absolute atomic E-state index is 0.358. The van der Waals surface area contributed by atoms with Crippen LogP contribution in [0.1, 0.15) is 34.9 Å². The Labute approximate surface area is 307 Å². The molecule has 0 aliphatic carbocycles. The van der Waals surface area contributed by atoms with Gasteiger partial charge in [-0.15, -0.1) is 0 Å². The molecule has 8 heteroatoms. The molecule has 0 saturated carbocycles. The van der Waals surface area contributed by atoms with Gasteiger partial charge in [0.25, 0.3) is 0 Å². The molecule has 2 heterocycles. The van der Waals surface area contributed by atoms with Crippen molar-refractivity contribution >= 4 is 95.1 Å². The van der Waals surface area contributed by atoms with Crippen LogP contribution >= 0.6 is 67.8 Å². The molecule has 0 atom stereocenters. The van der Waals surface area contributed by atoms with E-state index in [-0.39, 0.29) is 0 Å². The number of aromatic hydroxyl groups is 1. The number of hydrogen-bond donors (Lipinski definition) is 2. The SMILES string of the molecule is CCc1ccnc(C)c1.Cc1ccc(O)c2ccccc12.Cc1ccc(OCc2ccnc(N)c2)c2ccccc12.IC(I)I. The number of phenols is 1. The van der Waals surface area contributed by atoms with Crippen LogP contribution < -0.4 is 10.5 Å². The molecular weight excluding hydrogens is 899 g/mol. The lowest BCUT2D eigenvalue weighted by molar-refractivity contribution is 0.310. The van der Waals surface area contributed by atoms with E-state index in [9.17, 15) is 5.11 Å². The first-order chi connectivity index (χ1) is 21.6. The van der Waals surface area contributed by atoms with Gasteiger partial charge in [0.15, 0.2) is 0 Å². The van der Waals surface area contributed by atoms with Crippen molar-refractivity contribution in [2.24, 2.45) is 0 Å². The first-order valence-electron chi connectivity index (χ1n) is 14.4. The Bertz CT molecular complexity index is 1770. The summed E-state index contributed by atoms with van der Waals surface area (Å²) in [6.45, 7) is 8.80. The number of fused-ring (bicyclic) bond motifs is 2. The summed E-state index contributed by atoms with van der Waals surface area (Å²) in [5, 5.41) is 13.9. The molecule has 5 nitrogen and oxygen atoms in total. The Morgan fingerprint density at radius 3 is 1.78 bits per heavy atom. The quantitative estimate of drug-likeness (QED) is 0.136. The number of anilines is 1. The number of phenolic OH excluding ortho intramolecular Hbond substituents is 1. The third-order valence-electron chi connectivity index (χ3n) is 6.83. The molecule has 0 amide bonds. The van der Waals surface area contributed by atoms with Gasteiger partial charge in [0.1, 0.15) is 23.9 Å². The zero-order valence-electron chi connectivity index (χ0n) is 25.8. The van der Waals surface area contributed by atoms with Crippen molar-refractivity contribution in [2.45, 2.75) is 40.7 Å². The van der Waals surface area contributed by atoms with Crippen molar-refractivity contribution in [3.8, 4) is 11.5 Å². The maximum absolute atomic E-state index is 9.50. The molecule has 6 aromatic rings. The molecular formula is C37H38I3N3O2. The highest BCUT2D eigenvalue weighted by molar-refractivity contribution is 14.3. The number of halogens is 3. The summed E-state index contributed by atoms with van der Waals surface area (Å²) >= 11 is 6.95. The summed E-state index contributed by atoms with van der Waals surface area (Å²) in [7, 11) is 0. The second-order valence-corrected chi connectivity index (χ2v) is 21.0. The van der Waals surface area contributed by atoms with Gasteiger partial charge in [0, 0.05) is 28.9 Å². The zero-order chi connectivity index (χ0) is 32.8. The summed E-state index contributed by atoms with van der Waals surface area (Å²) in [5.41, 5.74) is 11.6. The fourth-order valence-electron chi connectivity index (χ4n) is 4.55. The highest BCUT2D eigenvalue weighted by Gasteiger charge is 2.05. The molecule has 0 aliphatic rings. The summed E-state index contributed by atoms with van der Waals surface area (Å²) in [5.74, 6) is 1.76. The fourth-order valence-corrected chi connectivity index (χ4v) is 4.55. The van der Waals surface area contributed by atoms with Gasteiger partial charge in [-0.2, -0.15) is 0 Å². The smallest absolute Gasteiger partial charge is 0.127 e. The molecule has 0 radical (unpaired) electrons. The molecule has 6 rings (SSSR count). The number of aryl methyl sites for hydroxylation is 4. The van der Waals surface area contributed by atoms with Crippen LogP contribution in [0.15, 0.2) is 109 Å². The molecule has 0 unspecified atom stereocenters. The zero-order valence-corrected chi connectivity index (χ0v) is 32.3. The Balaban J connectivity index is 0.000000188. The van der Waals surface area contributed by atoms with Crippen LogP contribution in [0.4, 0.5) is 5.82 Å². The summed E-state index contributed by atoms with van der Waals surface area (Å²) in [4.78, 5) is 8.07. The third kappa shape index (κ3) is 12.2. The van der Waals surface area contributed by atoms with E-state index in [1.54, 1.807) is 12.3 Å². The van der Waals surface area contributed by atoms with Gasteiger partial charge in [-0.1, -0.05) is 135 Å². The van der Waals surface area contributed by atoms with E-state index in [1.807, 2.05) is 86.8 Å². The van der Waals surface area contributed by atoms with Crippen LogP contribution in [0.3, 0.4) is 0 Å². The lowest BCUT2D eigenvalue weighted by Crippen LogP contribution is -1.98. The van der Waals surface area contributed by atoms with Crippen molar-refractivity contribution in [1.82, 2.24) is 9.97 Å². The van der Waals surface area contributed by atoms with Gasteiger partial charge in [0.05, 0.1) is 0 Å². The molecule has 234 valence electrons. The van der Waals surface area contributed by atoms with E-state index in [4.69, 9.17) is 10.5 Å². The second kappa shape index (κ2) is 19.1. The first kappa shape index (κ1) is 36.8. The Morgan fingerprint density at radius 2 is 1.22 bits per heavy atom. The molecule has 3 N–H and O–H groups in total. The van der Waals surface area contributed by atoms with Gasteiger partial charge in [-0.05, 0) is 96.6 Å². The molecule has 4 aromatic carbocycles. The molecule has 2 aromatic heterocycles. The van der Waals surface area contributed by atoms with E-state index >= 15 is 0 Å². The minimum Gasteiger partial charge on any atom is -0.507 e. The predicted octanol–water partition coefficient (Wildman–Crippen LogP) is 11.1. The fraction of sp³-hybridized carbons (Fsp3) is 0.189. The van der Waals surface area contributed by atoms with E-state index in [0.717, 1.165) is 39.5 Å². The van der Waals surface area contributed by atoms with Gasteiger partial charge < -0.3 is 15.6 Å². The van der Waals surface area contributed by atoms with Crippen LogP contribution in [-0.2, 0) is 13.0 Å². The van der Waals surface area contributed by atoms with E-state index in [1.165, 1.54) is 22.1 Å². The largest absolute Gasteiger partial charge is 0.507 e. The average Bonchev–Trinajstić information content (AvgIpc) is 3.03. The number of nitrogens with two attached hydrogens (primary N) is 1. The summed E-state index contributed by atoms with van der Waals surface area (Å²) in [6, 6.07) is 31.8. The van der Waals surface area contributed by atoms with Crippen LogP contribution in [0.5, 0.6) is 11.5 Å². The average molecular weight is 937 g/mol. The normalized spacial score (nSPS) is 10.2. The summed E-state index contributed by atoms with van der Waals surface area (Å²) in [6.07, 6.45) is 4.65. The van der Waals surface area contributed by atoms with Crippen LogP contribution in [-0.4, -0.2) is 15.0 Å². The number of benzene rings is 4. The Kier molecular flexibility index (Phi) is 15.6. The van der Waals surface area contributed by atoms with Crippen molar-refractivity contribution in [3.05, 3.63) is 137 Å². The molecule has 0 fully saturated rings. The van der Waals surface area contributed by atoms with Crippen LogP contribution in [0.2, 0.25) is 0 Å². The number of nitrogens with zero attached hydrogens (tertiary/aromatic N) is 2. The monoisotopic (exact) mass is 937 g/mol. The predicted molar refractivity (Wildman–Crippen MR) is 216 cm³/mol. The maximum Gasteiger partial charge on any atom is 0.127 e. The third-order valence-corrected chi connectivity index (χ3v) is 6.83. The van der Waals surface area contributed by atoms with Crippen molar-refractivity contribution in [3.63, 3.8) is 0 Å². The number of nitrogen functional groups attached to an aromatic ring is 1. The minimum atomic E-state index is 0.358. The lowest BCUT2D eigenvalue weighted by Gasteiger charge is -2.11. The van der Waals surface area contributed by atoms with Gasteiger partial charge in [-0.25, -0.2) is 4.98 Å². The summed E-state index contributed by atoms with van der Waals surface area (Å²) < 4.78 is 6.68. The molecule has 0 saturated heterocycles. The number of alkyl halides is 3. The Hall–Kier alpha value is -2.71. The van der Waals surface area contributed by atoms with E-state index in [2.05, 4.69) is 116 Å². The van der Waals surface area contributed by atoms with Crippen LogP contribution in [0, 0.1) is 20.8 Å². The highest BCUT2D eigenvalue weighted by Crippen LogP contribution is 2.29. The lowest BCUT2D eigenvalue weighted by atomic mass is 10.0. The Morgan fingerprint density at radius 1 is 0.689 bits per heavy atom. The number of hydrogen-bond acceptors (Lipinski definition) is 5. The number of pyridine rings is 2. The molecule has 0 aliphatic heterocycles. The van der Waals surface area contributed by atoms with Gasteiger partial charge in [-0.3, -0.25) is 4.98 Å². The van der Waals surface area contributed by atoms with Crippen LogP contribution in [0.25, 0.3) is 21.5 Å². The highest BCUT2D eigenvalue weighted by atomic mass is 127. The first-order valence-corrected chi connectivity index (χ1v) is 18.1. The van der Waals surface area contributed by atoms with E-state index in [0.29, 0.717) is 18.2 Å². The van der Waals surface area contributed by atoms with Gasteiger partial charge >= 0.3 is 0 Å². The number of rotatable bonds is 4. The van der Waals surface area contributed by atoms with Crippen molar-refractivity contribution in [2.75, 3.05) is 5.73 Å². The molecule has 0 bridgehead atoms. The number of aromatic nitrogens is 2. The van der Waals surface area contributed by atoms with Gasteiger partial charge in [0.2, 0.25) is 0 Å². The molecule has 0 spiro atoms. The topological polar surface area (TPSA) is 81.3 Å². The maximum atomic E-state index is 9.50. The van der Waals surface area contributed by atoms with Crippen molar-refractivity contribution < 1.29 is 9.84 Å². The second-order valence-electron chi connectivity index (χ2n) is 10.2. The molecule has 45 heavy (non-hydrogen) atoms. The van der Waals surface area contributed by atoms with Crippen molar-refractivity contribution in [1.29, 1.82) is 0 Å². The van der Waals surface area contributed by atoms with E-state index < -0.39 is 0 Å². The number of ether oxygens (including phenoxy) is 1. The standard InChI is InChI=1S/C17H16N2O.C11H10O.C8H11N.CHI3/c1-12-6-7-16(15-5-3-2-4-14(12)15)20-11-13-8-9-19-17(18)10-13;1-8-6-7-11(12)10-5-3-2-4-9(8)10;1-3-8-4-5-9-7(2)6-8;2-1(3)4/h2-10H,11H2,1H3,(H2,18,19);2-7,12H,1H3;4-6H,3H2,1-2H3;1H.